The molecule has 0 aliphatic carbocycles. The first-order chi connectivity index (χ1) is 6.24. The molecule has 0 fully saturated rings. The van der Waals surface area contributed by atoms with Gasteiger partial charge in [0.05, 0.1) is 18.0 Å². The number of ether oxygens (including phenoxy) is 1. The zero-order valence-corrected chi connectivity index (χ0v) is 9.13. The van der Waals surface area contributed by atoms with E-state index in [9.17, 15) is 0 Å². The highest BCUT2D eigenvalue weighted by molar-refractivity contribution is 9.10. The molecule has 0 spiro atoms. The second-order valence-electron chi connectivity index (χ2n) is 2.94. The highest BCUT2D eigenvalue weighted by atomic mass is 79.9. The Balaban J connectivity index is 2.88. The van der Waals surface area contributed by atoms with Gasteiger partial charge in [-0.05, 0) is 28.1 Å². The maximum atomic E-state index is 5.28. The lowest BCUT2D eigenvalue weighted by Gasteiger charge is -2.02. The van der Waals surface area contributed by atoms with Crippen LogP contribution in [-0.2, 0) is 7.05 Å². The van der Waals surface area contributed by atoms with Crippen LogP contribution in [0.2, 0.25) is 0 Å². The molecule has 0 amide bonds. The Hall–Kier alpha value is -0.960. The smallest absolute Gasteiger partial charge is 0.129 e. The second kappa shape index (κ2) is 3.07. The molecule has 68 valence electrons. The van der Waals surface area contributed by atoms with Crippen LogP contribution in [-0.4, -0.2) is 11.7 Å². The number of aromatic nitrogens is 1. The number of halogens is 1. The first-order valence-corrected chi connectivity index (χ1v) is 4.81. The van der Waals surface area contributed by atoms with Crippen molar-refractivity contribution in [3.8, 4) is 5.75 Å². The van der Waals surface area contributed by atoms with Crippen molar-refractivity contribution in [2.75, 3.05) is 7.11 Å². The van der Waals surface area contributed by atoms with Gasteiger partial charge < -0.3 is 9.30 Å². The molecule has 0 aliphatic rings. The van der Waals surface area contributed by atoms with Gasteiger partial charge in [-0.3, -0.25) is 0 Å². The third-order valence-corrected chi connectivity index (χ3v) is 2.75. The molecule has 0 atom stereocenters. The first kappa shape index (κ1) is 8.63. The topological polar surface area (TPSA) is 14.2 Å². The first-order valence-electron chi connectivity index (χ1n) is 4.01. The highest BCUT2D eigenvalue weighted by Gasteiger charge is 2.08. The number of nitrogens with zero attached hydrogens (tertiary/aromatic N) is 1. The third-order valence-electron chi connectivity index (χ3n) is 2.15. The van der Waals surface area contributed by atoms with Crippen LogP contribution in [0.25, 0.3) is 10.9 Å². The Morgan fingerprint density at radius 2 is 2.15 bits per heavy atom. The van der Waals surface area contributed by atoms with Crippen LogP contribution in [0.15, 0.2) is 28.9 Å². The van der Waals surface area contributed by atoms with Gasteiger partial charge in [0, 0.05) is 17.7 Å². The summed E-state index contributed by atoms with van der Waals surface area (Å²) in [5.41, 5.74) is 1.17. The van der Waals surface area contributed by atoms with Gasteiger partial charge in [-0.2, -0.15) is 0 Å². The van der Waals surface area contributed by atoms with E-state index in [1.807, 2.05) is 25.4 Å². The summed E-state index contributed by atoms with van der Waals surface area (Å²) in [6, 6.07) is 6.03. The Kier molecular flexibility index (Phi) is 2.04. The summed E-state index contributed by atoms with van der Waals surface area (Å²) >= 11 is 3.51. The lowest BCUT2D eigenvalue weighted by molar-refractivity contribution is 0.419. The van der Waals surface area contributed by atoms with Gasteiger partial charge >= 0.3 is 0 Å². The molecule has 1 heterocycles. The zero-order valence-electron chi connectivity index (χ0n) is 7.54. The van der Waals surface area contributed by atoms with Crippen molar-refractivity contribution in [1.29, 1.82) is 0 Å². The lowest BCUT2D eigenvalue weighted by Crippen LogP contribution is -1.85. The van der Waals surface area contributed by atoms with Crippen LogP contribution in [0, 0.1) is 0 Å². The number of methoxy groups -OCH3 is 1. The standard InChI is InChI=1S/C10H10BrNO/c1-12-6-7(11)10-8(12)4-3-5-9(10)13-2/h3-6H,1-2H3. The molecule has 1 aromatic carbocycles. The van der Waals surface area contributed by atoms with Crippen molar-refractivity contribution in [1.82, 2.24) is 4.57 Å². The van der Waals surface area contributed by atoms with Gasteiger partial charge in [0.25, 0.3) is 0 Å². The molecule has 13 heavy (non-hydrogen) atoms. The number of hydrogen-bond acceptors (Lipinski definition) is 1. The Bertz CT molecular complexity index is 447. The van der Waals surface area contributed by atoms with Crippen molar-refractivity contribution in [2.45, 2.75) is 0 Å². The quantitative estimate of drug-likeness (QED) is 0.747. The molecule has 0 bridgehead atoms. The van der Waals surface area contributed by atoms with Crippen molar-refractivity contribution in [3.05, 3.63) is 28.9 Å². The van der Waals surface area contributed by atoms with Crippen LogP contribution in [0.4, 0.5) is 0 Å². The SMILES string of the molecule is COc1cccc2c1c(Br)cn2C. The minimum absolute atomic E-state index is 0.907. The molecule has 0 saturated heterocycles. The number of aryl methyl sites for hydroxylation is 1. The molecule has 1 aromatic heterocycles. The van der Waals surface area contributed by atoms with Gasteiger partial charge in [0.1, 0.15) is 5.75 Å². The van der Waals surface area contributed by atoms with E-state index in [1.165, 1.54) is 5.52 Å². The average Bonchev–Trinajstić information content (AvgIpc) is 2.43. The maximum absolute atomic E-state index is 5.28. The molecule has 0 N–H and O–H groups in total. The molecule has 0 saturated carbocycles. The molecule has 2 aromatic rings. The van der Waals surface area contributed by atoms with E-state index in [2.05, 4.69) is 26.6 Å². The molecule has 0 aliphatic heterocycles. The maximum Gasteiger partial charge on any atom is 0.129 e. The van der Waals surface area contributed by atoms with E-state index in [4.69, 9.17) is 4.74 Å². The van der Waals surface area contributed by atoms with E-state index < -0.39 is 0 Å². The highest BCUT2D eigenvalue weighted by Crippen LogP contribution is 2.33. The minimum Gasteiger partial charge on any atom is -0.496 e. The summed E-state index contributed by atoms with van der Waals surface area (Å²) in [6.45, 7) is 0. The van der Waals surface area contributed by atoms with E-state index in [0.29, 0.717) is 0 Å². The number of fused-ring (bicyclic) bond motifs is 1. The molecule has 0 unspecified atom stereocenters. The van der Waals surface area contributed by atoms with Crippen molar-refractivity contribution in [3.63, 3.8) is 0 Å². The molecule has 0 radical (unpaired) electrons. The summed E-state index contributed by atoms with van der Waals surface area (Å²) in [6.07, 6.45) is 2.03. The summed E-state index contributed by atoms with van der Waals surface area (Å²) in [5, 5.41) is 1.13. The fraction of sp³-hybridized carbons (Fsp3) is 0.200. The van der Waals surface area contributed by atoms with E-state index in [-0.39, 0.29) is 0 Å². The molecular weight excluding hydrogens is 230 g/mol. The third kappa shape index (κ3) is 1.23. The van der Waals surface area contributed by atoms with Crippen LogP contribution in [0.1, 0.15) is 0 Å². The van der Waals surface area contributed by atoms with Crippen LogP contribution in [0.3, 0.4) is 0 Å². The number of hydrogen-bond donors (Lipinski definition) is 0. The predicted molar refractivity (Wildman–Crippen MR) is 57.2 cm³/mol. The van der Waals surface area contributed by atoms with Gasteiger partial charge in [0.2, 0.25) is 0 Å². The van der Waals surface area contributed by atoms with Crippen LogP contribution in [0.5, 0.6) is 5.75 Å². The lowest BCUT2D eigenvalue weighted by atomic mass is 10.2. The normalized spacial score (nSPS) is 10.7. The minimum atomic E-state index is 0.907. The second-order valence-corrected chi connectivity index (χ2v) is 3.80. The Morgan fingerprint density at radius 3 is 2.85 bits per heavy atom. The molecule has 2 rings (SSSR count). The summed E-state index contributed by atoms with van der Waals surface area (Å²) in [7, 11) is 3.71. The number of rotatable bonds is 1. The monoisotopic (exact) mass is 239 g/mol. The van der Waals surface area contributed by atoms with Gasteiger partial charge in [-0.1, -0.05) is 6.07 Å². The molecular formula is C10H10BrNO. The van der Waals surface area contributed by atoms with Crippen molar-refractivity contribution < 1.29 is 4.74 Å². The summed E-state index contributed by atoms with van der Waals surface area (Å²) < 4.78 is 8.42. The Morgan fingerprint density at radius 1 is 1.38 bits per heavy atom. The fourth-order valence-electron chi connectivity index (χ4n) is 1.53. The number of benzene rings is 1. The van der Waals surface area contributed by atoms with Gasteiger partial charge in [0.15, 0.2) is 0 Å². The summed E-state index contributed by atoms with van der Waals surface area (Å²) in [4.78, 5) is 0. The fourth-order valence-corrected chi connectivity index (χ4v) is 2.23. The van der Waals surface area contributed by atoms with Crippen molar-refractivity contribution in [2.24, 2.45) is 7.05 Å². The summed E-state index contributed by atoms with van der Waals surface area (Å²) in [5.74, 6) is 0.907. The van der Waals surface area contributed by atoms with Crippen molar-refractivity contribution >= 4 is 26.8 Å². The molecule has 2 nitrogen and oxygen atoms in total. The van der Waals surface area contributed by atoms with E-state index in [1.54, 1.807) is 7.11 Å². The zero-order chi connectivity index (χ0) is 9.42. The predicted octanol–water partition coefficient (Wildman–Crippen LogP) is 2.95. The van der Waals surface area contributed by atoms with E-state index in [0.717, 1.165) is 15.6 Å². The molecule has 3 heteroatoms. The van der Waals surface area contributed by atoms with Crippen LogP contribution >= 0.6 is 15.9 Å². The Labute approximate surface area is 85.2 Å². The average molecular weight is 240 g/mol. The van der Waals surface area contributed by atoms with Crippen LogP contribution < -0.4 is 4.74 Å². The van der Waals surface area contributed by atoms with Gasteiger partial charge in [-0.25, -0.2) is 0 Å². The van der Waals surface area contributed by atoms with E-state index >= 15 is 0 Å². The van der Waals surface area contributed by atoms with Gasteiger partial charge in [-0.15, -0.1) is 0 Å². The largest absolute Gasteiger partial charge is 0.496 e.